The van der Waals surface area contributed by atoms with E-state index in [1.54, 1.807) is 24.3 Å². The van der Waals surface area contributed by atoms with Crippen molar-refractivity contribution in [3.63, 3.8) is 0 Å². The van der Waals surface area contributed by atoms with Gasteiger partial charge in [-0.2, -0.15) is 0 Å². The van der Waals surface area contributed by atoms with E-state index in [9.17, 15) is 9.90 Å². The molecule has 0 heterocycles. The SMILES string of the molecule is CC(=O)Nc1ccc(OCC(O)CN(C)c2ccc(C)cc2C)cc1. The molecule has 5 heteroatoms. The number of anilines is 2. The third kappa shape index (κ3) is 5.80. The predicted octanol–water partition coefficient (Wildman–Crippen LogP) is 3.14. The van der Waals surface area contributed by atoms with Crippen molar-refractivity contribution < 1.29 is 14.6 Å². The molecular weight excluding hydrogens is 316 g/mol. The lowest BCUT2D eigenvalue weighted by molar-refractivity contribution is -0.114. The van der Waals surface area contributed by atoms with Gasteiger partial charge in [0.1, 0.15) is 18.5 Å². The average Bonchev–Trinajstić information content (AvgIpc) is 2.53. The van der Waals surface area contributed by atoms with Crippen LogP contribution in [0.3, 0.4) is 0 Å². The number of aryl methyl sites for hydroxylation is 2. The third-order valence-corrected chi connectivity index (χ3v) is 3.87. The van der Waals surface area contributed by atoms with Gasteiger partial charge >= 0.3 is 0 Å². The highest BCUT2D eigenvalue weighted by Gasteiger charge is 2.12. The topological polar surface area (TPSA) is 61.8 Å². The van der Waals surface area contributed by atoms with Crippen LogP contribution < -0.4 is 15.0 Å². The summed E-state index contributed by atoms with van der Waals surface area (Å²) in [4.78, 5) is 13.0. The molecule has 1 unspecified atom stereocenters. The Morgan fingerprint density at radius 3 is 2.48 bits per heavy atom. The van der Waals surface area contributed by atoms with E-state index in [2.05, 4.69) is 37.4 Å². The third-order valence-electron chi connectivity index (χ3n) is 3.87. The number of ether oxygens (including phenoxy) is 1. The highest BCUT2D eigenvalue weighted by molar-refractivity contribution is 5.88. The van der Waals surface area contributed by atoms with Crippen molar-refractivity contribution in [2.45, 2.75) is 26.9 Å². The fourth-order valence-corrected chi connectivity index (χ4v) is 2.73. The summed E-state index contributed by atoms with van der Waals surface area (Å²) in [5.74, 6) is 0.542. The van der Waals surface area contributed by atoms with Crippen LogP contribution in [0.1, 0.15) is 18.1 Å². The molecule has 0 saturated carbocycles. The lowest BCUT2D eigenvalue weighted by Gasteiger charge is -2.24. The number of benzene rings is 2. The van der Waals surface area contributed by atoms with Gasteiger partial charge in [-0.15, -0.1) is 0 Å². The molecule has 0 bridgehead atoms. The van der Waals surface area contributed by atoms with E-state index < -0.39 is 6.10 Å². The van der Waals surface area contributed by atoms with Crippen LogP contribution in [0.4, 0.5) is 11.4 Å². The monoisotopic (exact) mass is 342 g/mol. The zero-order chi connectivity index (χ0) is 18.4. The van der Waals surface area contributed by atoms with Crippen molar-refractivity contribution in [2.24, 2.45) is 0 Å². The van der Waals surface area contributed by atoms with Gasteiger partial charge in [-0.25, -0.2) is 0 Å². The van der Waals surface area contributed by atoms with Gasteiger partial charge < -0.3 is 20.1 Å². The first kappa shape index (κ1) is 18.8. The Labute approximate surface area is 149 Å². The van der Waals surface area contributed by atoms with Crippen molar-refractivity contribution in [1.29, 1.82) is 0 Å². The van der Waals surface area contributed by atoms with Crippen molar-refractivity contribution in [2.75, 3.05) is 30.4 Å². The molecule has 2 N–H and O–H groups in total. The molecule has 1 amide bonds. The first-order chi connectivity index (χ1) is 11.8. The van der Waals surface area contributed by atoms with Crippen LogP contribution in [-0.4, -0.2) is 37.3 Å². The predicted molar refractivity (Wildman–Crippen MR) is 101 cm³/mol. The van der Waals surface area contributed by atoms with Gasteiger partial charge in [0.25, 0.3) is 0 Å². The van der Waals surface area contributed by atoms with E-state index in [1.807, 2.05) is 11.9 Å². The van der Waals surface area contributed by atoms with Gasteiger partial charge in [-0.05, 0) is 49.7 Å². The lowest BCUT2D eigenvalue weighted by Crippen LogP contribution is -2.33. The molecule has 1 atom stereocenters. The van der Waals surface area contributed by atoms with E-state index in [-0.39, 0.29) is 12.5 Å². The summed E-state index contributed by atoms with van der Waals surface area (Å²) < 4.78 is 5.62. The smallest absolute Gasteiger partial charge is 0.221 e. The minimum absolute atomic E-state index is 0.112. The summed E-state index contributed by atoms with van der Waals surface area (Å²) in [7, 11) is 1.96. The molecule has 2 aromatic rings. The number of rotatable bonds is 7. The largest absolute Gasteiger partial charge is 0.491 e. The minimum Gasteiger partial charge on any atom is -0.491 e. The zero-order valence-electron chi connectivity index (χ0n) is 15.2. The molecule has 25 heavy (non-hydrogen) atoms. The Kier molecular flexibility index (Phi) is 6.42. The number of likely N-dealkylation sites (N-methyl/N-ethyl adjacent to an activating group) is 1. The first-order valence-electron chi connectivity index (χ1n) is 8.32. The fraction of sp³-hybridized carbons (Fsp3) is 0.350. The Bertz CT molecular complexity index is 713. The molecule has 0 spiro atoms. The van der Waals surface area contributed by atoms with Gasteiger partial charge in [0.2, 0.25) is 5.91 Å². The van der Waals surface area contributed by atoms with Crippen molar-refractivity contribution in [1.82, 2.24) is 0 Å². The molecule has 0 aliphatic heterocycles. The quantitative estimate of drug-likeness (QED) is 0.811. The van der Waals surface area contributed by atoms with Crippen LogP contribution >= 0.6 is 0 Å². The Hall–Kier alpha value is -2.53. The highest BCUT2D eigenvalue weighted by atomic mass is 16.5. The number of amides is 1. The molecule has 2 rings (SSSR count). The average molecular weight is 342 g/mol. The standard InChI is InChI=1S/C20H26N2O3/c1-14-5-10-20(15(2)11-14)22(4)12-18(24)13-25-19-8-6-17(7-9-19)21-16(3)23/h5-11,18,24H,12-13H2,1-4H3,(H,21,23). The van der Waals surface area contributed by atoms with Gasteiger partial charge in [0.15, 0.2) is 0 Å². The van der Waals surface area contributed by atoms with Gasteiger partial charge in [-0.1, -0.05) is 17.7 Å². The van der Waals surface area contributed by atoms with Crippen LogP contribution in [-0.2, 0) is 4.79 Å². The Morgan fingerprint density at radius 1 is 1.20 bits per heavy atom. The Balaban J connectivity index is 1.85. The second-order valence-corrected chi connectivity index (χ2v) is 6.34. The number of nitrogens with zero attached hydrogens (tertiary/aromatic N) is 1. The van der Waals surface area contributed by atoms with E-state index in [0.717, 1.165) is 11.4 Å². The normalized spacial score (nSPS) is 11.7. The summed E-state index contributed by atoms with van der Waals surface area (Å²) in [6.45, 7) is 6.28. The van der Waals surface area contributed by atoms with Crippen LogP contribution in [0, 0.1) is 13.8 Å². The number of aliphatic hydroxyl groups is 1. The fourth-order valence-electron chi connectivity index (χ4n) is 2.73. The number of hydrogen-bond acceptors (Lipinski definition) is 4. The number of carbonyl (C=O) groups excluding carboxylic acids is 1. The maximum atomic E-state index is 11.0. The maximum Gasteiger partial charge on any atom is 0.221 e. The van der Waals surface area contributed by atoms with Crippen LogP contribution in [0.25, 0.3) is 0 Å². The van der Waals surface area contributed by atoms with Gasteiger partial charge in [-0.3, -0.25) is 4.79 Å². The van der Waals surface area contributed by atoms with Crippen LogP contribution in [0.15, 0.2) is 42.5 Å². The summed E-state index contributed by atoms with van der Waals surface area (Å²) in [6.07, 6.45) is -0.610. The molecule has 0 saturated heterocycles. The molecule has 0 aromatic heterocycles. The maximum absolute atomic E-state index is 11.0. The highest BCUT2D eigenvalue weighted by Crippen LogP contribution is 2.20. The van der Waals surface area contributed by atoms with E-state index in [4.69, 9.17) is 4.74 Å². The van der Waals surface area contributed by atoms with Crippen LogP contribution in [0.5, 0.6) is 5.75 Å². The Morgan fingerprint density at radius 2 is 1.88 bits per heavy atom. The first-order valence-corrected chi connectivity index (χ1v) is 8.32. The number of hydrogen-bond donors (Lipinski definition) is 2. The van der Waals surface area contributed by atoms with E-state index in [1.165, 1.54) is 18.1 Å². The molecule has 2 aromatic carbocycles. The second kappa shape index (κ2) is 8.53. The molecule has 0 aliphatic rings. The molecule has 5 nitrogen and oxygen atoms in total. The summed E-state index contributed by atoms with van der Waals surface area (Å²) in [6, 6.07) is 13.3. The summed E-state index contributed by atoms with van der Waals surface area (Å²) in [5.41, 5.74) is 4.23. The number of nitrogens with one attached hydrogen (secondary N) is 1. The van der Waals surface area contributed by atoms with Gasteiger partial charge in [0, 0.05) is 31.9 Å². The number of aliphatic hydroxyl groups excluding tert-OH is 1. The minimum atomic E-state index is -0.610. The molecule has 0 fully saturated rings. The zero-order valence-corrected chi connectivity index (χ0v) is 15.2. The van der Waals surface area contributed by atoms with Gasteiger partial charge in [0.05, 0.1) is 0 Å². The lowest BCUT2D eigenvalue weighted by atomic mass is 10.1. The van der Waals surface area contributed by atoms with Crippen molar-refractivity contribution >= 4 is 17.3 Å². The molecular formula is C20H26N2O3. The summed E-state index contributed by atoms with van der Waals surface area (Å²) in [5, 5.41) is 12.9. The summed E-state index contributed by atoms with van der Waals surface area (Å²) >= 11 is 0. The molecule has 134 valence electrons. The van der Waals surface area contributed by atoms with Crippen molar-refractivity contribution in [3.8, 4) is 5.75 Å². The van der Waals surface area contributed by atoms with E-state index >= 15 is 0 Å². The molecule has 0 radical (unpaired) electrons. The van der Waals surface area contributed by atoms with Crippen LogP contribution in [0.2, 0.25) is 0 Å². The van der Waals surface area contributed by atoms with E-state index in [0.29, 0.717) is 12.3 Å². The number of carbonyl (C=O) groups is 1. The van der Waals surface area contributed by atoms with Crippen molar-refractivity contribution in [3.05, 3.63) is 53.6 Å². The molecule has 0 aliphatic carbocycles. The second-order valence-electron chi connectivity index (χ2n) is 6.34.